The van der Waals surface area contributed by atoms with Crippen LogP contribution in [0.4, 0.5) is 5.13 Å². The molecule has 2 atom stereocenters. The summed E-state index contributed by atoms with van der Waals surface area (Å²) in [5, 5.41) is 5.14. The van der Waals surface area contributed by atoms with E-state index >= 15 is 0 Å². The minimum absolute atomic E-state index is 0.00965. The molecule has 1 aromatic carbocycles. The fourth-order valence-corrected chi connectivity index (χ4v) is 7.90. The maximum Gasteiger partial charge on any atom is 0.307 e. The van der Waals surface area contributed by atoms with Crippen molar-refractivity contribution in [1.82, 2.24) is 15.3 Å². The lowest BCUT2D eigenvalue weighted by Gasteiger charge is -2.21. The third kappa shape index (κ3) is 7.45. The fraction of sp³-hybridized carbons (Fsp3) is 0.419. The summed E-state index contributed by atoms with van der Waals surface area (Å²) >= 11 is 1.27. The topological polar surface area (TPSA) is 150 Å². The Kier molecular flexibility index (Phi) is 10.3. The number of rotatable bonds is 14. The Morgan fingerprint density at radius 3 is 2.55 bits per heavy atom. The van der Waals surface area contributed by atoms with Gasteiger partial charge in [-0.2, -0.15) is 0 Å². The third-order valence-corrected chi connectivity index (χ3v) is 10.5. The van der Waals surface area contributed by atoms with Gasteiger partial charge in [-0.1, -0.05) is 49.2 Å². The quantitative estimate of drug-likeness (QED) is 0.167. The molecule has 0 radical (unpaired) electrons. The van der Waals surface area contributed by atoms with Crippen LogP contribution in [0, 0.1) is 5.92 Å². The highest BCUT2D eigenvalue weighted by molar-refractivity contribution is 7.91. The van der Waals surface area contributed by atoms with Crippen LogP contribution in [-0.4, -0.2) is 50.5 Å². The maximum absolute atomic E-state index is 13.8. The summed E-state index contributed by atoms with van der Waals surface area (Å²) in [6.45, 7) is 2.04. The summed E-state index contributed by atoms with van der Waals surface area (Å²) in [4.78, 5) is 35.2. The standard InChI is InChI=1S/C31H36N4O7S2/c1-3-41-27(36)16-17-32-30(25-9-6-18-42-25)44(38,39)22-12-10-21(11-13-22)23(19-20-7-4-5-8-20)28(37)35-31-33-24-14-15-26(40-2)34-29(24)43-31/h6,9-15,18,20,23,30,32H,3-5,7-8,16-17,19H2,1-2H3,(H,33,35,37). The number of hydrogen-bond donors (Lipinski definition) is 2. The van der Waals surface area contributed by atoms with Gasteiger partial charge >= 0.3 is 5.97 Å². The number of fused-ring (bicyclic) bond motifs is 1. The second kappa shape index (κ2) is 14.3. The van der Waals surface area contributed by atoms with Crippen LogP contribution in [0.25, 0.3) is 10.3 Å². The number of sulfone groups is 1. The number of furan rings is 1. The lowest BCUT2D eigenvalue weighted by Crippen LogP contribution is -2.30. The Bertz CT molecular complexity index is 1660. The first-order chi connectivity index (χ1) is 21.3. The maximum atomic E-state index is 13.8. The number of amides is 1. The van der Waals surface area contributed by atoms with Gasteiger partial charge in [0.1, 0.15) is 16.1 Å². The first-order valence-corrected chi connectivity index (χ1v) is 17.0. The van der Waals surface area contributed by atoms with Gasteiger partial charge < -0.3 is 19.2 Å². The largest absolute Gasteiger partial charge is 0.481 e. The van der Waals surface area contributed by atoms with E-state index < -0.39 is 27.1 Å². The van der Waals surface area contributed by atoms with Crippen LogP contribution in [0.5, 0.6) is 5.88 Å². The van der Waals surface area contributed by atoms with Gasteiger partial charge in [0.15, 0.2) is 10.5 Å². The van der Waals surface area contributed by atoms with Crippen molar-refractivity contribution in [3.8, 4) is 5.88 Å². The summed E-state index contributed by atoms with van der Waals surface area (Å²) in [5.41, 5.74) is 1.38. The number of nitrogens with one attached hydrogen (secondary N) is 2. The highest BCUT2D eigenvalue weighted by atomic mass is 32.2. The van der Waals surface area contributed by atoms with Gasteiger partial charge in [0.2, 0.25) is 21.6 Å². The van der Waals surface area contributed by atoms with Gasteiger partial charge in [-0.25, -0.2) is 18.4 Å². The van der Waals surface area contributed by atoms with Gasteiger partial charge in [-0.15, -0.1) is 0 Å². The van der Waals surface area contributed by atoms with E-state index in [4.69, 9.17) is 13.9 Å². The monoisotopic (exact) mass is 640 g/mol. The van der Waals surface area contributed by atoms with Gasteiger partial charge in [-0.3, -0.25) is 14.9 Å². The van der Waals surface area contributed by atoms with E-state index in [2.05, 4.69) is 20.6 Å². The van der Waals surface area contributed by atoms with Crippen molar-refractivity contribution in [1.29, 1.82) is 0 Å². The first-order valence-electron chi connectivity index (χ1n) is 14.7. The molecule has 13 heteroatoms. The van der Waals surface area contributed by atoms with E-state index in [1.54, 1.807) is 50.4 Å². The zero-order chi connectivity index (χ0) is 31.1. The number of carbonyl (C=O) groups excluding carboxylic acids is 2. The number of aromatic nitrogens is 2. The molecule has 234 valence electrons. The first kappa shape index (κ1) is 31.6. The number of ether oxygens (including phenoxy) is 2. The molecule has 2 unspecified atom stereocenters. The Balaban J connectivity index is 1.36. The number of esters is 1. The molecule has 5 rings (SSSR count). The smallest absolute Gasteiger partial charge is 0.307 e. The molecule has 3 heterocycles. The van der Waals surface area contributed by atoms with E-state index in [1.807, 2.05) is 0 Å². The van der Waals surface area contributed by atoms with Crippen LogP contribution in [0.1, 0.15) is 68.1 Å². The minimum Gasteiger partial charge on any atom is -0.481 e. The lowest BCUT2D eigenvalue weighted by atomic mass is 9.87. The summed E-state index contributed by atoms with van der Waals surface area (Å²) in [7, 11) is -2.43. The third-order valence-electron chi connectivity index (χ3n) is 7.72. The van der Waals surface area contributed by atoms with E-state index in [0.29, 0.717) is 33.7 Å². The molecule has 0 spiro atoms. The Labute approximate surface area is 260 Å². The normalized spacial score (nSPS) is 15.2. The van der Waals surface area contributed by atoms with Crippen LogP contribution in [0.15, 0.2) is 64.1 Å². The molecule has 0 aliphatic heterocycles. The van der Waals surface area contributed by atoms with Crippen molar-refractivity contribution < 1.29 is 31.9 Å². The molecule has 1 saturated carbocycles. The second-order valence-electron chi connectivity index (χ2n) is 10.6. The number of nitrogens with zero attached hydrogens (tertiary/aromatic N) is 2. The van der Waals surface area contributed by atoms with Gasteiger partial charge in [0, 0.05) is 12.6 Å². The molecular weight excluding hydrogens is 604 g/mol. The predicted molar refractivity (Wildman–Crippen MR) is 166 cm³/mol. The fourth-order valence-electron chi connectivity index (χ4n) is 5.50. The van der Waals surface area contributed by atoms with E-state index in [-0.39, 0.29) is 36.1 Å². The second-order valence-corrected chi connectivity index (χ2v) is 13.7. The predicted octanol–water partition coefficient (Wildman–Crippen LogP) is 5.61. The molecule has 4 aromatic rings. The van der Waals surface area contributed by atoms with Crippen LogP contribution in [0.2, 0.25) is 0 Å². The lowest BCUT2D eigenvalue weighted by molar-refractivity contribution is -0.143. The van der Waals surface area contributed by atoms with Gasteiger partial charge in [0.05, 0.1) is 37.2 Å². The van der Waals surface area contributed by atoms with E-state index in [9.17, 15) is 18.0 Å². The number of carbonyl (C=O) groups is 2. The van der Waals surface area contributed by atoms with Crippen molar-refractivity contribution in [3.05, 3.63) is 66.1 Å². The molecular formula is C31H36N4O7S2. The average Bonchev–Trinajstić information content (AvgIpc) is 3.80. The molecule has 44 heavy (non-hydrogen) atoms. The Morgan fingerprint density at radius 1 is 1.09 bits per heavy atom. The van der Waals surface area contributed by atoms with Crippen LogP contribution in [-0.2, 0) is 24.2 Å². The molecule has 1 fully saturated rings. The number of anilines is 1. The number of thiazole rings is 1. The van der Waals surface area contributed by atoms with E-state index in [0.717, 1.165) is 31.2 Å². The molecule has 11 nitrogen and oxygen atoms in total. The molecule has 1 aliphatic rings. The van der Waals surface area contributed by atoms with Crippen LogP contribution < -0.4 is 15.4 Å². The summed E-state index contributed by atoms with van der Waals surface area (Å²) in [6.07, 6.45) is 6.46. The Morgan fingerprint density at radius 2 is 1.86 bits per heavy atom. The summed E-state index contributed by atoms with van der Waals surface area (Å²) < 4.78 is 43.1. The zero-order valence-electron chi connectivity index (χ0n) is 24.7. The number of pyridine rings is 1. The van der Waals surface area contributed by atoms with Crippen molar-refractivity contribution >= 4 is 48.5 Å². The highest BCUT2D eigenvalue weighted by Gasteiger charge is 2.32. The Hall–Kier alpha value is -3.81. The minimum atomic E-state index is -3.97. The van der Waals surface area contributed by atoms with Crippen molar-refractivity contribution in [2.45, 2.75) is 61.6 Å². The molecule has 3 aromatic heterocycles. The SMILES string of the molecule is CCOC(=O)CCNC(c1ccco1)S(=O)(=O)c1ccc(C(CC2CCCC2)C(=O)Nc2nc3ccc(OC)nc3s2)cc1. The summed E-state index contributed by atoms with van der Waals surface area (Å²) in [5.74, 6) is -0.0349. The average molecular weight is 641 g/mol. The van der Waals surface area contributed by atoms with Crippen molar-refractivity contribution in [3.63, 3.8) is 0 Å². The molecule has 0 bridgehead atoms. The number of benzene rings is 1. The van der Waals surface area contributed by atoms with Crippen molar-refractivity contribution in [2.24, 2.45) is 5.92 Å². The number of hydrogen-bond acceptors (Lipinski definition) is 11. The molecule has 2 N–H and O–H groups in total. The molecule has 1 amide bonds. The number of methoxy groups -OCH3 is 1. The highest BCUT2D eigenvalue weighted by Crippen LogP contribution is 2.36. The van der Waals surface area contributed by atoms with Gasteiger partial charge in [0.25, 0.3) is 0 Å². The molecule has 0 saturated heterocycles. The van der Waals surface area contributed by atoms with Crippen molar-refractivity contribution in [2.75, 3.05) is 25.6 Å². The van der Waals surface area contributed by atoms with Crippen LogP contribution in [0.3, 0.4) is 0 Å². The van der Waals surface area contributed by atoms with Crippen LogP contribution >= 0.6 is 11.3 Å². The van der Waals surface area contributed by atoms with E-state index in [1.165, 1.54) is 29.7 Å². The zero-order valence-corrected chi connectivity index (χ0v) is 26.3. The van der Waals surface area contributed by atoms with Gasteiger partial charge in [-0.05, 0) is 55.2 Å². The summed E-state index contributed by atoms with van der Waals surface area (Å²) in [6, 6.07) is 13.2. The molecule has 1 aliphatic carbocycles.